The van der Waals surface area contributed by atoms with Gasteiger partial charge in [0.25, 0.3) is 0 Å². The van der Waals surface area contributed by atoms with Crippen molar-refractivity contribution >= 4 is 10.0 Å². The molecule has 0 aliphatic rings. The van der Waals surface area contributed by atoms with Crippen LogP contribution in [-0.4, -0.2) is 31.9 Å². The Morgan fingerprint density at radius 3 is 2.11 bits per heavy atom. The van der Waals surface area contributed by atoms with E-state index in [2.05, 4.69) is 5.14 Å². The smallest absolute Gasteiger partial charge is 0.211 e. The molecule has 0 heterocycles. The van der Waals surface area contributed by atoms with Gasteiger partial charge < -0.3 is 10.8 Å². The normalized spacial score (nSPS) is 15.4. The molecule has 0 aromatic carbocycles. The lowest BCUT2D eigenvalue weighted by Gasteiger charge is -2.03. The van der Waals surface area contributed by atoms with Crippen molar-refractivity contribution in [1.29, 1.82) is 0 Å². The first-order chi connectivity index (χ1) is 3.95. The summed E-state index contributed by atoms with van der Waals surface area (Å²) in [6, 6.07) is 0. The molecule has 0 radical (unpaired) electrons. The standard InChI is InChI=1S/C3H10N2O3S/c4-1-3(6)2-9(5,7)8/h3,6H,1-2,4H2,(H2,5,7,8). The predicted octanol–water partition coefficient (Wildman–Crippen LogP) is -2.41. The number of aliphatic hydroxyl groups excluding tert-OH is 1. The van der Waals surface area contributed by atoms with Gasteiger partial charge in [-0.1, -0.05) is 0 Å². The lowest BCUT2D eigenvalue weighted by Crippen LogP contribution is -2.31. The van der Waals surface area contributed by atoms with E-state index in [1.807, 2.05) is 0 Å². The van der Waals surface area contributed by atoms with Gasteiger partial charge in [-0.05, 0) is 0 Å². The molecular weight excluding hydrogens is 144 g/mol. The Kier molecular flexibility index (Phi) is 3.06. The first-order valence-electron chi connectivity index (χ1n) is 2.34. The summed E-state index contributed by atoms with van der Waals surface area (Å²) in [5.74, 6) is -0.469. The highest BCUT2D eigenvalue weighted by Crippen LogP contribution is 1.83. The fourth-order valence-electron chi connectivity index (χ4n) is 0.336. The Balaban J connectivity index is 3.75. The summed E-state index contributed by atoms with van der Waals surface area (Å²) in [4.78, 5) is 0. The van der Waals surface area contributed by atoms with Crippen molar-refractivity contribution in [2.75, 3.05) is 12.3 Å². The number of sulfonamides is 1. The largest absolute Gasteiger partial charge is 0.391 e. The molecule has 6 heteroatoms. The van der Waals surface area contributed by atoms with Crippen molar-refractivity contribution in [3.05, 3.63) is 0 Å². The number of nitrogens with two attached hydrogens (primary N) is 2. The van der Waals surface area contributed by atoms with Gasteiger partial charge in [0.1, 0.15) is 0 Å². The Hall–Kier alpha value is -0.170. The van der Waals surface area contributed by atoms with Crippen LogP contribution in [0, 0.1) is 0 Å². The molecule has 0 spiro atoms. The second-order valence-corrected chi connectivity index (χ2v) is 3.38. The molecule has 56 valence electrons. The quantitative estimate of drug-likeness (QED) is 0.421. The van der Waals surface area contributed by atoms with Crippen LogP contribution >= 0.6 is 0 Å². The highest BCUT2D eigenvalue weighted by molar-refractivity contribution is 7.89. The van der Waals surface area contributed by atoms with Crippen LogP contribution in [0.5, 0.6) is 0 Å². The lowest BCUT2D eigenvalue weighted by molar-refractivity contribution is 0.205. The average Bonchev–Trinajstić information content (AvgIpc) is 1.62. The van der Waals surface area contributed by atoms with Gasteiger partial charge in [-0.25, -0.2) is 13.6 Å². The van der Waals surface area contributed by atoms with Gasteiger partial charge in [-0.15, -0.1) is 0 Å². The summed E-state index contributed by atoms with van der Waals surface area (Å²) in [5, 5.41) is 13.2. The molecule has 0 aliphatic carbocycles. The minimum atomic E-state index is -3.57. The SMILES string of the molecule is NCC(O)CS(N)(=O)=O. The molecular formula is C3H10N2O3S. The monoisotopic (exact) mass is 154 g/mol. The number of hydrogen-bond acceptors (Lipinski definition) is 4. The van der Waals surface area contributed by atoms with Gasteiger partial charge in [0.05, 0.1) is 11.9 Å². The molecule has 0 aliphatic heterocycles. The molecule has 0 rings (SSSR count). The number of hydrogen-bond donors (Lipinski definition) is 3. The minimum absolute atomic E-state index is 0.0869. The van der Waals surface area contributed by atoms with Crippen molar-refractivity contribution in [3.8, 4) is 0 Å². The molecule has 0 bridgehead atoms. The van der Waals surface area contributed by atoms with Crippen LogP contribution in [0.3, 0.4) is 0 Å². The van der Waals surface area contributed by atoms with E-state index in [-0.39, 0.29) is 6.54 Å². The van der Waals surface area contributed by atoms with E-state index in [4.69, 9.17) is 10.8 Å². The molecule has 0 amide bonds. The van der Waals surface area contributed by atoms with E-state index in [1.165, 1.54) is 0 Å². The Labute approximate surface area is 53.7 Å². The summed E-state index contributed by atoms with van der Waals surface area (Å²) in [5.41, 5.74) is 4.91. The number of rotatable bonds is 3. The van der Waals surface area contributed by atoms with Crippen LogP contribution in [0.15, 0.2) is 0 Å². The molecule has 0 saturated carbocycles. The van der Waals surface area contributed by atoms with E-state index in [0.29, 0.717) is 0 Å². The summed E-state index contributed by atoms with van der Waals surface area (Å²) < 4.78 is 20.3. The zero-order valence-corrected chi connectivity index (χ0v) is 5.63. The molecule has 1 unspecified atom stereocenters. The fourth-order valence-corrected chi connectivity index (χ4v) is 1.01. The zero-order valence-electron chi connectivity index (χ0n) is 4.82. The van der Waals surface area contributed by atoms with Crippen molar-refractivity contribution in [2.24, 2.45) is 10.9 Å². The van der Waals surface area contributed by atoms with Gasteiger partial charge >= 0.3 is 0 Å². The van der Waals surface area contributed by atoms with Crippen LogP contribution in [0.2, 0.25) is 0 Å². The van der Waals surface area contributed by atoms with E-state index < -0.39 is 21.9 Å². The topological polar surface area (TPSA) is 106 Å². The minimum Gasteiger partial charge on any atom is -0.391 e. The van der Waals surface area contributed by atoms with Crippen molar-refractivity contribution < 1.29 is 13.5 Å². The van der Waals surface area contributed by atoms with Crippen LogP contribution in [0.1, 0.15) is 0 Å². The van der Waals surface area contributed by atoms with Crippen LogP contribution < -0.4 is 10.9 Å². The summed E-state index contributed by atoms with van der Waals surface area (Å²) in [6.07, 6.45) is -1.04. The van der Waals surface area contributed by atoms with Crippen LogP contribution in [-0.2, 0) is 10.0 Å². The molecule has 9 heavy (non-hydrogen) atoms. The highest BCUT2D eigenvalue weighted by Gasteiger charge is 2.09. The van der Waals surface area contributed by atoms with Gasteiger partial charge in [-0.3, -0.25) is 0 Å². The van der Waals surface area contributed by atoms with E-state index in [0.717, 1.165) is 0 Å². The zero-order chi connectivity index (χ0) is 7.49. The Bertz CT molecular complexity index is 164. The molecule has 5 nitrogen and oxygen atoms in total. The van der Waals surface area contributed by atoms with Crippen LogP contribution in [0.4, 0.5) is 0 Å². The third kappa shape index (κ3) is 5.71. The first-order valence-corrected chi connectivity index (χ1v) is 4.06. The third-order valence-electron chi connectivity index (χ3n) is 0.697. The van der Waals surface area contributed by atoms with Crippen molar-refractivity contribution in [1.82, 2.24) is 0 Å². The summed E-state index contributed by atoms with van der Waals surface area (Å²) in [6.45, 7) is -0.0869. The van der Waals surface area contributed by atoms with Gasteiger partial charge in [-0.2, -0.15) is 0 Å². The first kappa shape index (κ1) is 8.83. The van der Waals surface area contributed by atoms with E-state index >= 15 is 0 Å². The molecule has 5 N–H and O–H groups in total. The maximum atomic E-state index is 10.2. The molecule has 0 aromatic rings. The van der Waals surface area contributed by atoms with Crippen molar-refractivity contribution in [2.45, 2.75) is 6.10 Å². The van der Waals surface area contributed by atoms with Crippen LogP contribution in [0.25, 0.3) is 0 Å². The van der Waals surface area contributed by atoms with Gasteiger partial charge in [0.15, 0.2) is 0 Å². The fraction of sp³-hybridized carbons (Fsp3) is 1.00. The van der Waals surface area contributed by atoms with E-state index in [1.54, 1.807) is 0 Å². The number of primary sulfonamides is 1. The van der Waals surface area contributed by atoms with Crippen molar-refractivity contribution in [3.63, 3.8) is 0 Å². The second-order valence-electron chi connectivity index (χ2n) is 1.72. The number of aliphatic hydroxyl groups is 1. The Morgan fingerprint density at radius 2 is 2.00 bits per heavy atom. The molecule has 0 aromatic heterocycles. The predicted molar refractivity (Wildman–Crippen MR) is 33.0 cm³/mol. The molecule has 1 atom stereocenters. The highest BCUT2D eigenvalue weighted by atomic mass is 32.2. The van der Waals surface area contributed by atoms with E-state index in [9.17, 15) is 8.42 Å². The molecule has 0 saturated heterocycles. The maximum Gasteiger partial charge on any atom is 0.211 e. The lowest BCUT2D eigenvalue weighted by atomic mass is 10.4. The third-order valence-corrected chi connectivity index (χ3v) is 1.55. The van der Waals surface area contributed by atoms with Gasteiger partial charge in [0.2, 0.25) is 10.0 Å². The second kappa shape index (κ2) is 3.11. The van der Waals surface area contributed by atoms with Gasteiger partial charge in [0, 0.05) is 6.54 Å². The maximum absolute atomic E-state index is 10.2. The Morgan fingerprint density at radius 1 is 1.56 bits per heavy atom. The summed E-state index contributed by atoms with van der Waals surface area (Å²) in [7, 11) is -3.57. The summed E-state index contributed by atoms with van der Waals surface area (Å²) >= 11 is 0. The average molecular weight is 154 g/mol. The molecule has 0 fully saturated rings.